The Bertz CT molecular complexity index is 822. The zero-order chi connectivity index (χ0) is 15.5. The molecule has 0 fully saturated rings. The van der Waals surface area contributed by atoms with Crippen LogP contribution in [0.25, 0.3) is 22.3 Å². The van der Waals surface area contributed by atoms with Gasteiger partial charge in [0, 0.05) is 10.6 Å². The molecule has 0 unspecified atom stereocenters. The van der Waals surface area contributed by atoms with E-state index in [1.54, 1.807) is 19.1 Å². The van der Waals surface area contributed by atoms with Crippen LogP contribution in [-0.2, 0) is 0 Å². The van der Waals surface area contributed by atoms with Gasteiger partial charge in [-0.2, -0.15) is 0 Å². The summed E-state index contributed by atoms with van der Waals surface area (Å²) in [5, 5.41) is 0.630. The third-order valence-corrected chi connectivity index (χ3v) is 3.88. The second kappa shape index (κ2) is 6.17. The van der Waals surface area contributed by atoms with E-state index in [2.05, 4.69) is 24.3 Å². The summed E-state index contributed by atoms with van der Waals surface area (Å²) in [7, 11) is 0. The largest absolute Gasteiger partial charge is 0.294 e. The second-order valence-electron chi connectivity index (χ2n) is 5.19. The lowest BCUT2D eigenvalue weighted by atomic mass is 9.94. The van der Waals surface area contributed by atoms with Gasteiger partial charge in [-0.1, -0.05) is 60.1 Å². The highest BCUT2D eigenvalue weighted by molar-refractivity contribution is 6.31. The summed E-state index contributed by atoms with van der Waals surface area (Å²) >= 11 is 6.12. The number of carbonyl (C=O) groups excluding carboxylic acids is 1. The molecule has 0 aromatic heterocycles. The van der Waals surface area contributed by atoms with Crippen LogP contribution in [0.5, 0.6) is 0 Å². The van der Waals surface area contributed by atoms with E-state index < -0.39 is 0 Å². The van der Waals surface area contributed by atoms with E-state index in [1.165, 1.54) is 0 Å². The smallest absolute Gasteiger partial charge is 0.160 e. The van der Waals surface area contributed by atoms with E-state index in [0.29, 0.717) is 10.6 Å². The third-order valence-electron chi connectivity index (χ3n) is 3.64. The Hall–Kier alpha value is -2.38. The summed E-state index contributed by atoms with van der Waals surface area (Å²) in [4.78, 5) is 11.9. The van der Waals surface area contributed by atoms with E-state index in [-0.39, 0.29) is 5.78 Å². The maximum Gasteiger partial charge on any atom is 0.160 e. The molecule has 0 spiro atoms. The van der Waals surface area contributed by atoms with Crippen molar-refractivity contribution in [1.29, 1.82) is 0 Å². The number of rotatable bonds is 3. The quantitative estimate of drug-likeness (QED) is 0.552. The number of ketones is 1. The maximum atomic E-state index is 11.9. The fourth-order valence-corrected chi connectivity index (χ4v) is 2.73. The van der Waals surface area contributed by atoms with E-state index in [1.807, 2.05) is 36.4 Å². The number of benzene rings is 3. The first-order valence-electron chi connectivity index (χ1n) is 7.11. The second-order valence-corrected chi connectivity index (χ2v) is 5.63. The van der Waals surface area contributed by atoms with Crippen molar-refractivity contribution in [1.82, 2.24) is 0 Å². The fourth-order valence-electron chi connectivity index (χ4n) is 2.56. The molecule has 22 heavy (non-hydrogen) atoms. The van der Waals surface area contributed by atoms with Gasteiger partial charge >= 0.3 is 0 Å². The van der Waals surface area contributed by atoms with Crippen LogP contribution in [0.15, 0.2) is 72.8 Å². The van der Waals surface area contributed by atoms with Gasteiger partial charge in [-0.3, -0.25) is 4.79 Å². The van der Waals surface area contributed by atoms with E-state index in [0.717, 1.165) is 22.3 Å². The first-order chi connectivity index (χ1) is 10.6. The molecule has 2 heteroatoms. The first-order valence-corrected chi connectivity index (χ1v) is 7.49. The summed E-state index contributed by atoms with van der Waals surface area (Å²) in [6.45, 7) is 1.58. The fraction of sp³-hybridized carbons (Fsp3) is 0.0500. The molecule has 0 bridgehead atoms. The SMILES string of the molecule is CC(=O)c1ccc(Cl)cc1-c1cccc(-c2ccccc2)c1. The highest BCUT2D eigenvalue weighted by Crippen LogP contribution is 2.30. The summed E-state index contributed by atoms with van der Waals surface area (Å²) in [6, 6.07) is 23.7. The average molecular weight is 307 g/mol. The Morgan fingerprint density at radius 2 is 1.45 bits per heavy atom. The predicted octanol–water partition coefficient (Wildman–Crippen LogP) is 5.88. The number of hydrogen-bond acceptors (Lipinski definition) is 1. The number of Topliss-reactive ketones (excluding diaryl/α,β-unsaturated/α-hetero) is 1. The summed E-state index contributed by atoms with van der Waals surface area (Å²) in [5.41, 5.74) is 4.82. The zero-order valence-corrected chi connectivity index (χ0v) is 13.0. The van der Waals surface area contributed by atoms with Gasteiger partial charge in [-0.05, 0) is 53.4 Å². The molecule has 0 heterocycles. The van der Waals surface area contributed by atoms with Crippen LogP contribution in [0.2, 0.25) is 5.02 Å². The molecule has 108 valence electrons. The van der Waals surface area contributed by atoms with Crippen LogP contribution in [0, 0.1) is 0 Å². The van der Waals surface area contributed by atoms with Gasteiger partial charge in [0.05, 0.1) is 0 Å². The molecule has 3 aromatic rings. The van der Waals surface area contributed by atoms with E-state index in [4.69, 9.17) is 11.6 Å². The van der Waals surface area contributed by atoms with Crippen molar-refractivity contribution in [3.05, 3.63) is 83.4 Å². The van der Waals surface area contributed by atoms with Crippen LogP contribution in [0.4, 0.5) is 0 Å². The van der Waals surface area contributed by atoms with Gasteiger partial charge in [0.15, 0.2) is 5.78 Å². The van der Waals surface area contributed by atoms with Gasteiger partial charge in [0.1, 0.15) is 0 Å². The van der Waals surface area contributed by atoms with Gasteiger partial charge in [0.2, 0.25) is 0 Å². The Balaban J connectivity index is 2.14. The Kier molecular flexibility index (Phi) is 4.08. The molecule has 0 aliphatic rings. The molecular formula is C20H15ClO. The molecular weight excluding hydrogens is 292 g/mol. The van der Waals surface area contributed by atoms with Crippen molar-refractivity contribution in [2.24, 2.45) is 0 Å². The highest BCUT2D eigenvalue weighted by Gasteiger charge is 2.10. The number of halogens is 1. The van der Waals surface area contributed by atoms with Gasteiger partial charge in [0.25, 0.3) is 0 Å². The molecule has 0 aliphatic carbocycles. The lowest BCUT2D eigenvalue weighted by Crippen LogP contribution is -1.96. The lowest BCUT2D eigenvalue weighted by molar-refractivity contribution is 0.101. The molecule has 0 N–H and O–H groups in total. The first kappa shape index (κ1) is 14.6. The molecule has 0 saturated carbocycles. The summed E-state index contributed by atoms with van der Waals surface area (Å²) in [5.74, 6) is 0.0387. The Morgan fingerprint density at radius 1 is 0.773 bits per heavy atom. The van der Waals surface area contributed by atoms with Crippen molar-refractivity contribution < 1.29 is 4.79 Å². The van der Waals surface area contributed by atoms with E-state index >= 15 is 0 Å². The molecule has 0 amide bonds. The standard InChI is InChI=1S/C20H15ClO/c1-14(22)19-11-10-18(21)13-20(19)17-9-5-8-16(12-17)15-6-3-2-4-7-15/h2-13H,1H3. The molecule has 0 saturated heterocycles. The predicted molar refractivity (Wildman–Crippen MR) is 92.3 cm³/mol. The molecule has 3 aromatic carbocycles. The van der Waals surface area contributed by atoms with Crippen molar-refractivity contribution in [2.75, 3.05) is 0 Å². The molecule has 3 rings (SSSR count). The van der Waals surface area contributed by atoms with Crippen molar-refractivity contribution in [2.45, 2.75) is 6.92 Å². The Labute approximate surface area is 135 Å². The minimum absolute atomic E-state index is 0.0387. The maximum absolute atomic E-state index is 11.9. The van der Waals surface area contributed by atoms with Crippen molar-refractivity contribution >= 4 is 17.4 Å². The molecule has 0 aliphatic heterocycles. The lowest BCUT2D eigenvalue weighted by Gasteiger charge is -2.10. The van der Waals surface area contributed by atoms with Gasteiger partial charge in [-0.25, -0.2) is 0 Å². The van der Waals surface area contributed by atoms with Crippen molar-refractivity contribution in [3.8, 4) is 22.3 Å². The zero-order valence-electron chi connectivity index (χ0n) is 12.2. The van der Waals surface area contributed by atoms with Gasteiger partial charge in [-0.15, -0.1) is 0 Å². The van der Waals surface area contributed by atoms with Crippen LogP contribution in [-0.4, -0.2) is 5.78 Å². The van der Waals surface area contributed by atoms with Crippen molar-refractivity contribution in [3.63, 3.8) is 0 Å². The average Bonchev–Trinajstić information content (AvgIpc) is 2.55. The highest BCUT2D eigenvalue weighted by atomic mass is 35.5. The van der Waals surface area contributed by atoms with Crippen LogP contribution in [0.3, 0.4) is 0 Å². The number of hydrogen-bond donors (Lipinski definition) is 0. The minimum Gasteiger partial charge on any atom is -0.294 e. The molecule has 0 atom stereocenters. The third kappa shape index (κ3) is 2.95. The summed E-state index contributed by atoms with van der Waals surface area (Å²) in [6.07, 6.45) is 0. The summed E-state index contributed by atoms with van der Waals surface area (Å²) < 4.78 is 0. The van der Waals surface area contributed by atoms with E-state index in [9.17, 15) is 4.79 Å². The van der Waals surface area contributed by atoms with Crippen LogP contribution in [0.1, 0.15) is 17.3 Å². The monoisotopic (exact) mass is 306 g/mol. The topological polar surface area (TPSA) is 17.1 Å². The minimum atomic E-state index is 0.0387. The van der Waals surface area contributed by atoms with Crippen LogP contribution >= 0.6 is 11.6 Å². The number of carbonyl (C=O) groups is 1. The molecule has 0 radical (unpaired) electrons. The molecule has 1 nitrogen and oxygen atoms in total. The van der Waals surface area contributed by atoms with Gasteiger partial charge < -0.3 is 0 Å². The normalized spacial score (nSPS) is 10.5. The van der Waals surface area contributed by atoms with Crippen LogP contribution < -0.4 is 0 Å². The Morgan fingerprint density at radius 3 is 2.18 bits per heavy atom.